The summed E-state index contributed by atoms with van der Waals surface area (Å²) in [6, 6.07) is 69.6. The monoisotopic (exact) mass is 1640 g/mol. The van der Waals surface area contributed by atoms with Gasteiger partial charge in [0.2, 0.25) is 0 Å². The summed E-state index contributed by atoms with van der Waals surface area (Å²) in [4.78, 5) is 0. The molecule has 0 bridgehead atoms. The van der Waals surface area contributed by atoms with Crippen molar-refractivity contribution in [2.24, 2.45) is 0 Å². The van der Waals surface area contributed by atoms with Crippen molar-refractivity contribution in [2.45, 2.75) is 298 Å². The van der Waals surface area contributed by atoms with Crippen molar-refractivity contribution < 1.29 is 0 Å². The zero-order chi connectivity index (χ0) is 79.5. The smallest absolute Gasteiger partial charge is 0.0197 e. The Morgan fingerprint density at radius 1 is 0.306 bits per heavy atom. The van der Waals surface area contributed by atoms with Crippen LogP contribution < -0.4 is 42.4 Å². The van der Waals surface area contributed by atoms with Crippen LogP contribution in [-0.2, 0) is 0 Å². The average Bonchev–Trinajstić information content (AvgIpc) is 1.06. The number of hydrogen-bond acceptors (Lipinski definition) is 0. The van der Waals surface area contributed by atoms with Crippen molar-refractivity contribution in [3.8, 4) is 0 Å². The quantitative estimate of drug-likeness (QED) is 0.0846. The van der Waals surface area contributed by atoms with Crippen molar-refractivity contribution in [3.05, 3.63) is 239 Å². The Morgan fingerprint density at radius 2 is 0.565 bits per heavy atom. The molecule has 0 unspecified atom stereocenters. The van der Waals surface area contributed by atoms with Crippen LogP contribution in [0.3, 0.4) is 0 Å². The topological polar surface area (TPSA) is 0 Å². The minimum atomic E-state index is 0.512. The molecule has 108 heavy (non-hydrogen) atoms. The molecule has 4 aliphatic carbocycles. The molecule has 0 N–H and O–H groups in total. The van der Waals surface area contributed by atoms with Crippen LogP contribution in [0.2, 0.25) is 0 Å². The molecule has 0 aromatic heterocycles. The largest absolute Gasteiger partial charge is 0.129 e. The van der Waals surface area contributed by atoms with Gasteiger partial charge >= 0.3 is 0 Å². The average molecular weight is 1640 g/mol. The lowest BCUT2D eigenvalue weighted by Gasteiger charge is -2.28. The molecule has 0 nitrogen and oxygen atoms in total. The highest BCUT2D eigenvalue weighted by Crippen LogP contribution is 2.44. The van der Waals surface area contributed by atoms with Gasteiger partial charge in [-0.25, -0.2) is 0 Å². The highest BCUT2D eigenvalue weighted by Gasteiger charge is 2.23. The lowest BCUT2D eigenvalue weighted by atomic mass is 10.00. The Hall–Kier alpha value is -1.94. The van der Waals surface area contributed by atoms with Gasteiger partial charge in [-0.05, 0) is 230 Å². The molecule has 0 heterocycles. The van der Waals surface area contributed by atoms with E-state index in [0.717, 1.165) is 94.0 Å². The fourth-order valence-corrected chi connectivity index (χ4v) is 27.1. The van der Waals surface area contributed by atoms with E-state index in [0.29, 0.717) is 10.3 Å². The Labute approximate surface area is 685 Å². The minimum Gasteiger partial charge on any atom is -0.129 e. The van der Waals surface area contributed by atoms with Gasteiger partial charge in [-0.15, -0.1) is 51.5 Å². The van der Waals surface area contributed by atoms with Crippen molar-refractivity contribution >= 4 is 128 Å². The predicted molar refractivity (Wildman–Crippen MR) is 531 cm³/mol. The lowest BCUT2D eigenvalue weighted by Crippen LogP contribution is -2.16. The van der Waals surface area contributed by atoms with E-state index >= 15 is 0 Å². The van der Waals surface area contributed by atoms with Crippen LogP contribution in [-0.4, -0.2) is 69.9 Å². The maximum atomic E-state index is 2.30. The first-order valence-electron chi connectivity index (χ1n) is 41.5. The molecule has 8 aromatic carbocycles. The molecule has 4 aliphatic rings. The SMILES string of the molecule is C1CCC(PC2CCCC2)C1.C1CCC(PC2CCCCC2)CC1.CC(C)(C)PC(C)(C)C.CC(C)PC(C)C.CCPCC.CPC.Cc1cc(C)cc(Pc2cc(C)cc(C)c2)c1.Cc1ccc(Pc2ccc(C)cc2)cc1.Cc1ccccc1Pc1ccccc1C.c1ccc(Pc2ccccc2)cc1. The summed E-state index contributed by atoms with van der Waals surface area (Å²) in [5.41, 5.74) is 17.3. The molecule has 10 heteroatoms. The van der Waals surface area contributed by atoms with E-state index in [1.807, 2.05) is 0 Å². The van der Waals surface area contributed by atoms with Crippen LogP contribution in [0.4, 0.5) is 0 Å². The van der Waals surface area contributed by atoms with Gasteiger partial charge in [0.25, 0.3) is 0 Å². The van der Waals surface area contributed by atoms with Gasteiger partial charge in [0, 0.05) is 0 Å². The Bertz CT molecular complexity index is 3230. The van der Waals surface area contributed by atoms with Gasteiger partial charge in [0.1, 0.15) is 0 Å². The molecule has 4 saturated carbocycles. The Balaban J connectivity index is 0.000000319. The first-order valence-corrected chi connectivity index (χ1v) is 53.4. The second-order valence-corrected chi connectivity index (χ2v) is 51.2. The van der Waals surface area contributed by atoms with Crippen LogP contribution in [0.15, 0.2) is 194 Å². The predicted octanol–water partition coefficient (Wildman–Crippen LogP) is 28.0. The second-order valence-electron chi connectivity index (χ2n) is 32.9. The number of benzene rings is 8. The molecule has 0 spiro atoms. The van der Waals surface area contributed by atoms with E-state index in [1.54, 1.807) is 51.4 Å². The van der Waals surface area contributed by atoms with E-state index in [4.69, 9.17) is 0 Å². The van der Waals surface area contributed by atoms with Gasteiger partial charge in [-0.2, -0.15) is 0 Å². The summed E-state index contributed by atoms with van der Waals surface area (Å²) in [6.07, 6.45) is 30.6. The third-order valence-corrected chi connectivity index (χ3v) is 31.6. The zero-order valence-electron chi connectivity index (χ0n) is 72.1. The van der Waals surface area contributed by atoms with Crippen molar-refractivity contribution in [2.75, 3.05) is 25.7 Å². The van der Waals surface area contributed by atoms with E-state index in [-0.39, 0.29) is 0 Å². The van der Waals surface area contributed by atoms with Crippen LogP contribution in [0.25, 0.3) is 0 Å². The standard InChI is InChI=1S/C16H19P.2C14H15P.C12H23P.C12H11P.C10H19P.C8H19P.C6H15P.C4H11P.C2H7P/c1-11-5-12(2)8-15(7-11)17-16-9-13(3)6-14(4)10-16;1-11-3-7-13(8-4-11)15-14-9-5-12(2)6-10-14;1-11-7-3-5-9-13(11)15-14-10-6-4-8-12(14)2;2*1-3-7-11(8-4-1)13-12-9-5-2-6-10-12;1-2-6-9(5-1)11-10-7-3-4-8-10;1-7(2,3)9-8(4,5)6;1-5(2)7-6(3)4;1-3-5-4-2;1-3-2/h5-10,17H,1-4H3;2*3-10,15H,1-2H3;11-13H,1-10H2;1-10,13H;9-11H,1-8H2;9H,1-6H3;5-7H,1-4H3;5H,3-4H2,1-2H3;3H,1-2H3. The zero-order valence-corrected chi connectivity index (χ0v) is 82.1. The normalized spacial score (nSPS) is 14.4. The molecule has 4 fully saturated rings. The summed E-state index contributed by atoms with van der Waals surface area (Å²) in [7, 11) is 10.2. The number of rotatable bonds is 16. The number of aryl methyl sites for hydroxylation is 8. The fraction of sp³-hybridized carbons (Fsp3) is 0.510. The lowest BCUT2D eigenvalue weighted by molar-refractivity contribution is 0.490. The summed E-state index contributed by atoms with van der Waals surface area (Å²) in [5, 5.41) is 12.4. The molecular formula is C98H154P10. The van der Waals surface area contributed by atoms with E-state index in [2.05, 4.69) is 346 Å². The first-order chi connectivity index (χ1) is 51.5. The minimum absolute atomic E-state index is 0.512. The maximum Gasteiger partial charge on any atom is -0.0197 e. The fourth-order valence-electron chi connectivity index (χ4n) is 13.9. The van der Waals surface area contributed by atoms with E-state index < -0.39 is 0 Å². The van der Waals surface area contributed by atoms with Gasteiger partial charge in [0.05, 0.1) is 0 Å². The molecule has 0 amide bonds. The molecule has 0 radical (unpaired) electrons. The summed E-state index contributed by atoms with van der Waals surface area (Å²) >= 11 is 0. The van der Waals surface area contributed by atoms with Crippen molar-refractivity contribution in [1.29, 1.82) is 0 Å². The molecule has 12 rings (SSSR count). The first kappa shape index (κ1) is 100. The third kappa shape index (κ3) is 51.8. The van der Waals surface area contributed by atoms with Crippen LogP contribution >= 0.6 is 85.8 Å². The molecule has 0 atom stereocenters. The molecule has 596 valence electrons. The molecule has 8 aromatic rings. The maximum absolute atomic E-state index is 2.30. The van der Waals surface area contributed by atoms with Gasteiger partial charge in [0.15, 0.2) is 0 Å². The van der Waals surface area contributed by atoms with Crippen molar-refractivity contribution in [3.63, 3.8) is 0 Å². The van der Waals surface area contributed by atoms with Gasteiger partial charge in [-0.3, -0.25) is 0 Å². The van der Waals surface area contributed by atoms with Crippen molar-refractivity contribution in [1.82, 2.24) is 0 Å². The van der Waals surface area contributed by atoms with Gasteiger partial charge in [-0.1, -0.05) is 409 Å². The Morgan fingerprint density at radius 3 is 0.806 bits per heavy atom. The molecular weight excluding hydrogens is 1490 g/mol. The van der Waals surface area contributed by atoms with Crippen LogP contribution in [0.1, 0.15) is 243 Å². The second kappa shape index (κ2) is 59.7. The Kier molecular flexibility index (Phi) is 55.4. The summed E-state index contributed by atoms with van der Waals surface area (Å²) in [6.45, 7) is 49.0. The summed E-state index contributed by atoms with van der Waals surface area (Å²) < 4.78 is 0. The molecule has 0 saturated heterocycles. The highest BCUT2D eigenvalue weighted by atomic mass is 31.1. The van der Waals surface area contributed by atoms with Crippen LogP contribution in [0, 0.1) is 55.4 Å². The van der Waals surface area contributed by atoms with E-state index in [1.165, 1.54) is 189 Å². The third-order valence-electron chi connectivity index (χ3n) is 18.3. The van der Waals surface area contributed by atoms with Crippen LogP contribution in [0.5, 0.6) is 0 Å². The highest BCUT2D eigenvalue weighted by molar-refractivity contribution is 7.56. The molecule has 0 aliphatic heterocycles. The van der Waals surface area contributed by atoms with E-state index in [9.17, 15) is 0 Å². The summed E-state index contributed by atoms with van der Waals surface area (Å²) in [5.74, 6) is 0. The number of hydrogen-bond donors (Lipinski definition) is 0. The van der Waals surface area contributed by atoms with Gasteiger partial charge < -0.3 is 0 Å².